The lowest BCUT2D eigenvalue weighted by molar-refractivity contribution is 0.515. The molecule has 1 aliphatic rings. The quantitative estimate of drug-likeness (QED) is 0.849. The average Bonchev–Trinajstić information content (AvgIpc) is 3.09. The molecule has 82 valence electrons. The molecule has 2 N–H and O–H groups in total. The maximum atomic E-state index is 5.80. The summed E-state index contributed by atoms with van der Waals surface area (Å²) in [4.78, 5) is 4.69. The molecule has 1 aromatic carbocycles. The van der Waals surface area contributed by atoms with E-state index in [9.17, 15) is 0 Å². The van der Waals surface area contributed by atoms with Gasteiger partial charge in [-0.15, -0.1) is 0 Å². The molecule has 0 aliphatic heterocycles. The molecular formula is C14H16N2. The highest BCUT2D eigenvalue weighted by atomic mass is 14.7. The Labute approximate surface area is 95.5 Å². The van der Waals surface area contributed by atoms with Gasteiger partial charge in [0.15, 0.2) is 0 Å². The summed E-state index contributed by atoms with van der Waals surface area (Å²) in [5.74, 6) is 0. The van der Waals surface area contributed by atoms with Crippen molar-refractivity contribution in [2.24, 2.45) is 11.1 Å². The van der Waals surface area contributed by atoms with E-state index in [0.717, 1.165) is 18.5 Å². The van der Waals surface area contributed by atoms with Gasteiger partial charge in [-0.1, -0.05) is 24.3 Å². The number of benzene rings is 1. The van der Waals surface area contributed by atoms with Gasteiger partial charge < -0.3 is 5.73 Å². The number of hydrogen-bond acceptors (Lipinski definition) is 2. The van der Waals surface area contributed by atoms with Gasteiger partial charge in [-0.3, -0.25) is 4.98 Å². The Bertz CT molecular complexity index is 515. The van der Waals surface area contributed by atoms with Gasteiger partial charge in [0.05, 0.1) is 5.52 Å². The molecule has 2 nitrogen and oxygen atoms in total. The van der Waals surface area contributed by atoms with E-state index in [0.29, 0.717) is 5.41 Å². The van der Waals surface area contributed by atoms with Gasteiger partial charge >= 0.3 is 0 Å². The standard InChI is InChI=1S/C14H16N2/c15-10-14(7-8-14)9-12-6-5-11-3-1-2-4-13(11)16-12/h1-6H,7-10,15H2. The molecule has 0 atom stereocenters. The second kappa shape index (κ2) is 3.56. The fourth-order valence-corrected chi connectivity index (χ4v) is 2.22. The zero-order chi connectivity index (χ0) is 11.0. The summed E-state index contributed by atoms with van der Waals surface area (Å²) in [5.41, 5.74) is 8.44. The molecule has 1 aliphatic carbocycles. The molecule has 2 aromatic rings. The van der Waals surface area contributed by atoms with Crippen molar-refractivity contribution >= 4 is 10.9 Å². The third kappa shape index (κ3) is 1.69. The van der Waals surface area contributed by atoms with Gasteiger partial charge in [-0.2, -0.15) is 0 Å². The molecule has 1 aromatic heterocycles. The lowest BCUT2D eigenvalue weighted by atomic mass is 10.00. The van der Waals surface area contributed by atoms with Gasteiger partial charge in [-0.25, -0.2) is 0 Å². The van der Waals surface area contributed by atoms with Crippen LogP contribution < -0.4 is 5.73 Å². The van der Waals surface area contributed by atoms with Crippen molar-refractivity contribution in [3.8, 4) is 0 Å². The van der Waals surface area contributed by atoms with Gasteiger partial charge in [-0.05, 0) is 43.4 Å². The normalized spacial score (nSPS) is 17.6. The molecule has 1 fully saturated rings. The van der Waals surface area contributed by atoms with E-state index in [1.54, 1.807) is 0 Å². The minimum absolute atomic E-state index is 0.370. The van der Waals surface area contributed by atoms with Crippen LogP contribution in [0.3, 0.4) is 0 Å². The first-order valence-corrected chi connectivity index (χ1v) is 5.86. The summed E-state index contributed by atoms with van der Waals surface area (Å²) >= 11 is 0. The van der Waals surface area contributed by atoms with Crippen LogP contribution in [-0.4, -0.2) is 11.5 Å². The van der Waals surface area contributed by atoms with Crippen LogP contribution in [0.4, 0.5) is 0 Å². The number of fused-ring (bicyclic) bond motifs is 1. The van der Waals surface area contributed by atoms with Crippen molar-refractivity contribution in [1.29, 1.82) is 0 Å². The Balaban J connectivity index is 1.93. The molecule has 0 spiro atoms. The second-order valence-electron chi connectivity index (χ2n) is 4.88. The fraction of sp³-hybridized carbons (Fsp3) is 0.357. The Morgan fingerprint density at radius 3 is 2.69 bits per heavy atom. The molecule has 1 heterocycles. The zero-order valence-corrected chi connectivity index (χ0v) is 9.32. The third-order valence-electron chi connectivity index (χ3n) is 3.60. The van der Waals surface area contributed by atoms with Gasteiger partial charge in [0.1, 0.15) is 0 Å². The molecule has 0 amide bonds. The number of rotatable bonds is 3. The summed E-state index contributed by atoms with van der Waals surface area (Å²) < 4.78 is 0. The predicted molar refractivity (Wildman–Crippen MR) is 66.2 cm³/mol. The van der Waals surface area contributed by atoms with E-state index in [1.807, 2.05) is 12.1 Å². The van der Waals surface area contributed by atoms with Crippen molar-refractivity contribution in [3.63, 3.8) is 0 Å². The van der Waals surface area contributed by atoms with Gasteiger partial charge in [0.25, 0.3) is 0 Å². The van der Waals surface area contributed by atoms with Crippen molar-refractivity contribution in [3.05, 3.63) is 42.1 Å². The Morgan fingerprint density at radius 1 is 1.12 bits per heavy atom. The minimum Gasteiger partial charge on any atom is -0.330 e. The number of pyridine rings is 1. The third-order valence-corrected chi connectivity index (χ3v) is 3.60. The first kappa shape index (κ1) is 9.79. The molecule has 0 bridgehead atoms. The van der Waals surface area contributed by atoms with Crippen molar-refractivity contribution in [2.75, 3.05) is 6.54 Å². The molecule has 0 radical (unpaired) electrons. The maximum absolute atomic E-state index is 5.80. The number of nitrogens with two attached hydrogens (primary N) is 1. The molecule has 0 saturated heterocycles. The second-order valence-corrected chi connectivity index (χ2v) is 4.88. The first-order chi connectivity index (χ1) is 7.81. The van der Waals surface area contributed by atoms with Crippen LogP contribution in [0.25, 0.3) is 10.9 Å². The molecule has 1 saturated carbocycles. The monoisotopic (exact) mass is 212 g/mol. The van der Waals surface area contributed by atoms with E-state index in [4.69, 9.17) is 10.7 Å². The van der Waals surface area contributed by atoms with Crippen molar-refractivity contribution in [1.82, 2.24) is 4.98 Å². The number of aromatic nitrogens is 1. The largest absolute Gasteiger partial charge is 0.330 e. The first-order valence-electron chi connectivity index (χ1n) is 5.86. The van der Waals surface area contributed by atoms with E-state index in [2.05, 4.69) is 24.3 Å². The average molecular weight is 212 g/mol. The zero-order valence-electron chi connectivity index (χ0n) is 9.32. The highest BCUT2D eigenvalue weighted by molar-refractivity contribution is 5.78. The van der Waals surface area contributed by atoms with E-state index >= 15 is 0 Å². The van der Waals surface area contributed by atoms with Gasteiger partial charge in [0, 0.05) is 11.1 Å². The van der Waals surface area contributed by atoms with Crippen LogP contribution in [0.2, 0.25) is 0 Å². The van der Waals surface area contributed by atoms with Crippen molar-refractivity contribution < 1.29 is 0 Å². The van der Waals surface area contributed by atoms with Crippen LogP contribution in [0.1, 0.15) is 18.5 Å². The fourth-order valence-electron chi connectivity index (χ4n) is 2.22. The van der Waals surface area contributed by atoms with Crippen LogP contribution in [0.15, 0.2) is 36.4 Å². The van der Waals surface area contributed by atoms with E-state index < -0.39 is 0 Å². The topological polar surface area (TPSA) is 38.9 Å². The smallest absolute Gasteiger partial charge is 0.0705 e. The molecule has 0 unspecified atom stereocenters. The molecule has 2 heteroatoms. The highest BCUT2D eigenvalue weighted by Crippen LogP contribution is 2.47. The summed E-state index contributed by atoms with van der Waals surface area (Å²) in [7, 11) is 0. The highest BCUT2D eigenvalue weighted by Gasteiger charge is 2.41. The van der Waals surface area contributed by atoms with Crippen LogP contribution in [-0.2, 0) is 6.42 Å². The summed E-state index contributed by atoms with van der Waals surface area (Å²) in [6.45, 7) is 0.793. The Morgan fingerprint density at radius 2 is 1.94 bits per heavy atom. The van der Waals surface area contributed by atoms with E-state index in [1.165, 1.54) is 23.9 Å². The number of nitrogens with zero attached hydrogens (tertiary/aromatic N) is 1. The summed E-state index contributed by atoms with van der Waals surface area (Å²) in [5, 5.41) is 1.21. The maximum Gasteiger partial charge on any atom is 0.0705 e. The van der Waals surface area contributed by atoms with E-state index in [-0.39, 0.29) is 0 Å². The Kier molecular flexibility index (Phi) is 2.18. The summed E-state index contributed by atoms with van der Waals surface area (Å²) in [6.07, 6.45) is 3.56. The van der Waals surface area contributed by atoms with Gasteiger partial charge in [0.2, 0.25) is 0 Å². The lowest BCUT2D eigenvalue weighted by Gasteiger charge is -2.11. The lowest BCUT2D eigenvalue weighted by Crippen LogP contribution is -2.18. The van der Waals surface area contributed by atoms with Crippen molar-refractivity contribution in [2.45, 2.75) is 19.3 Å². The molecule has 3 rings (SSSR count). The Hall–Kier alpha value is -1.41. The number of hydrogen-bond donors (Lipinski definition) is 1. The minimum atomic E-state index is 0.370. The van der Waals surface area contributed by atoms with Crippen LogP contribution in [0, 0.1) is 5.41 Å². The molecule has 16 heavy (non-hydrogen) atoms. The van der Waals surface area contributed by atoms with Crippen LogP contribution in [0.5, 0.6) is 0 Å². The molecular weight excluding hydrogens is 196 g/mol. The number of para-hydroxylation sites is 1. The SMILES string of the molecule is NCC1(Cc2ccc3ccccc3n2)CC1. The van der Waals surface area contributed by atoms with Crippen LogP contribution >= 0.6 is 0 Å². The summed E-state index contributed by atoms with van der Waals surface area (Å²) in [6, 6.07) is 12.5. The predicted octanol–water partition coefficient (Wildman–Crippen LogP) is 2.52.